The van der Waals surface area contributed by atoms with Gasteiger partial charge in [-0.25, -0.2) is 4.79 Å². The van der Waals surface area contributed by atoms with Gasteiger partial charge in [0.05, 0.1) is 7.11 Å². The summed E-state index contributed by atoms with van der Waals surface area (Å²) >= 11 is 0. The molecule has 5 nitrogen and oxygen atoms in total. The highest BCUT2D eigenvalue weighted by atomic mass is 16.5. The van der Waals surface area contributed by atoms with Gasteiger partial charge >= 0.3 is 5.97 Å². The third-order valence-corrected chi connectivity index (χ3v) is 2.78. The molecule has 1 rings (SSSR count). The highest BCUT2D eigenvalue weighted by molar-refractivity contribution is 5.87. The lowest BCUT2D eigenvalue weighted by Gasteiger charge is -2.20. The quantitative estimate of drug-likeness (QED) is 0.607. The molecule has 0 saturated heterocycles. The van der Waals surface area contributed by atoms with Crippen LogP contribution in [0.1, 0.15) is 18.1 Å². The van der Waals surface area contributed by atoms with Gasteiger partial charge in [-0.2, -0.15) is 0 Å². The molecule has 0 aliphatic rings. The van der Waals surface area contributed by atoms with Crippen molar-refractivity contribution in [1.29, 1.82) is 0 Å². The van der Waals surface area contributed by atoms with Crippen LogP contribution >= 0.6 is 0 Å². The highest BCUT2D eigenvalue weighted by Crippen LogP contribution is 2.16. The summed E-state index contributed by atoms with van der Waals surface area (Å²) in [5, 5.41) is 2.61. The van der Waals surface area contributed by atoms with E-state index in [9.17, 15) is 9.59 Å². The second-order valence-corrected chi connectivity index (χ2v) is 4.14. The standard InChI is InChI=1S/C15H19NO4/c1-4-8-12(15(18)20-3)16-14(17)13(19-2)11-9-6-5-7-10-11/h4-7,9-10,12-13H,1,8H2,2-3H3,(H,16,17)/t12-,13+/m0/s1. The number of benzene rings is 1. The van der Waals surface area contributed by atoms with Crippen LogP contribution in [-0.4, -0.2) is 32.1 Å². The summed E-state index contributed by atoms with van der Waals surface area (Å²) in [5.41, 5.74) is 0.717. The Balaban J connectivity index is 2.80. The normalized spacial score (nSPS) is 13.1. The van der Waals surface area contributed by atoms with Gasteiger partial charge < -0.3 is 14.8 Å². The summed E-state index contributed by atoms with van der Waals surface area (Å²) < 4.78 is 9.84. The van der Waals surface area contributed by atoms with Crippen molar-refractivity contribution in [1.82, 2.24) is 5.32 Å². The van der Waals surface area contributed by atoms with Gasteiger partial charge in [0.15, 0.2) is 6.10 Å². The van der Waals surface area contributed by atoms with Crippen molar-refractivity contribution in [2.24, 2.45) is 0 Å². The van der Waals surface area contributed by atoms with Crippen molar-refractivity contribution in [3.63, 3.8) is 0 Å². The van der Waals surface area contributed by atoms with Crippen LogP contribution in [0.25, 0.3) is 0 Å². The van der Waals surface area contributed by atoms with Crippen molar-refractivity contribution in [2.75, 3.05) is 14.2 Å². The minimum atomic E-state index is -0.770. The number of ether oxygens (including phenoxy) is 2. The van der Waals surface area contributed by atoms with Crippen molar-refractivity contribution in [3.8, 4) is 0 Å². The lowest BCUT2D eigenvalue weighted by molar-refractivity contribution is -0.146. The number of hydrogen-bond donors (Lipinski definition) is 1. The van der Waals surface area contributed by atoms with Crippen molar-refractivity contribution < 1.29 is 19.1 Å². The first-order chi connectivity index (χ1) is 9.63. The van der Waals surface area contributed by atoms with E-state index >= 15 is 0 Å². The van der Waals surface area contributed by atoms with Crippen LogP contribution in [0.15, 0.2) is 43.0 Å². The molecule has 20 heavy (non-hydrogen) atoms. The summed E-state index contributed by atoms with van der Waals surface area (Å²) in [6.45, 7) is 3.56. The summed E-state index contributed by atoms with van der Waals surface area (Å²) in [6, 6.07) is 8.30. The van der Waals surface area contributed by atoms with E-state index in [1.165, 1.54) is 14.2 Å². The molecule has 1 amide bonds. The van der Waals surface area contributed by atoms with Crippen molar-refractivity contribution in [2.45, 2.75) is 18.6 Å². The summed E-state index contributed by atoms with van der Waals surface area (Å²) in [6.07, 6.45) is 1.07. The second-order valence-electron chi connectivity index (χ2n) is 4.14. The Hall–Kier alpha value is -2.14. The van der Waals surface area contributed by atoms with Gasteiger partial charge in [-0.05, 0) is 12.0 Å². The van der Waals surface area contributed by atoms with Crippen LogP contribution in [0, 0.1) is 0 Å². The number of amides is 1. The number of rotatable bonds is 7. The molecule has 0 aliphatic heterocycles. The maximum absolute atomic E-state index is 12.2. The van der Waals surface area contributed by atoms with Crippen LogP contribution in [-0.2, 0) is 19.1 Å². The van der Waals surface area contributed by atoms with Gasteiger partial charge in [0.1, 0.15) is 6.04 Å². The predicted molar refractivity (Wildman–Crippen MR) is 75.0 cm³/mol. The Morgan fingerprint density at radius 2 is 1.95 bits per heavy atom. The van der Waals surface area contributed by atoms with Crippen LogP contribution in [0.3, 0.4) is 0 Å². The average molecular weight is 277 g/mol. The molecule has 0 heterocycles. The average Bonchev–Trinajstić information content (AvgIpc) is 2.48. The predicted octanol–water partition coefficient (Wildman–Crippen LogP) is 1.61. The van der Waals surface area contributed by atoms with Crippen LogP contribution in [0.4, 0.5) is 0 Å². The first kappa shape index (κ1) is 15.9. The van der Waals surface area contributed by atoms with Crippen LogP contribution in [0.2, 0.25) is 0 Å². The molecule has 0 spiro atoms. The number of carbonyl (C=O) groups is 2. The van der Waals surface area contributed by atoms with Gasteiger partial charge in [-0.15, -0.1) is 6.58 Å². The fraction of sp³-hybridized carbons (Fsp3) is 0.333. The molecule has 0 aliphatic carbocycles. The molecule has 0 radical (unpaired) electrons. The zero-order valence-electron chi connectivity index (χ0n) is 11.7. The number of carbonyl (C=O) groups excluding carboxylic acids is 2. The zero-order chi connectivity index (χ0) is 15.0. The Morgan fingerprint density at radius 1 is 1.30 bits per heavy atom. The summed E-state index contributed by atoms with van der Waals surface area (Å²) in [5.74, 6) is -0.905. The van der Waals surface area contributed by atoms with Gasteiger partial charge in [0.2, 0.25) is 0 Å². The Morgan fingerprint density at radius 3 is 2.45 bits per heavy atom. The molecule has 1 aromatic carbocycles. The Labute approximate surface area is 118 Å². The van der Waals surface area contributed by atoms with Crippen molar-refractivity contribution >= 4 is 11.9 Å². The molecule has 2 atom stereocenters. The van der Waals surface area contributed by atoms with E-state index in [2.05, 4.69) is 16.6 Å². The smallest absolute Gasteiger partial charge is 0.328 e. The van der Waals surface area contributed by atoms with Crippen LogP contribution < -0.4 is 5.32 Å². The number of hydrogen-bond acceptors (Lipinski definition) is 4. The first-order valence-corrected chi connectivity index (χ1v) is 6.20. The maximum atomic E-state index is 12.2. The molecule has 0 aromatic heterocycles. The summed E-state index contributed by atoms with van der Waals surface area (Å²) in [4.78, 5) is 23.8. The third-order valence-electron chi connectivity index (χ3n) is 2.78. The topological polar surface area (TPSA) is 64.6 Å². The Kier molecular flexibility index (Phi) is 6.46. The van der Waals surface area contributed by atoms with E-state index in [1.807, 2.05) is 18.2 Å². The molecule has 0 saturated carbocycles. The summed E-state index contributed by atoms with van der Waals surface area (Å²) in [7, 11) is 2.72. The van der Waals surface area contributed by atoms with E-state index < -0.39 is 24.0 Å². The largest absolute Gasteiger partial charge is 0.467 e. The maximum Gasteiger partial charge on any atom is 0.328 e. The van der Waals surface area contributed by atoms with Crippen molar-refractivity contribution in [3.05, 3.63) is 48.6 Å². The minimum Gasteiger partial charge on any atom is -0.467 e. The molecule has 1 aromatic rings. The number of esters is 1. The highest BCUT2D eigenvalue weighted by Gasteiger charge is 2.26. The third kappa shape index (κ3) is 4.20. The minimum absolute atomic E-state index is 0.295. The number of methoxy groups -OCH3 is 2. The van der Waals surface area contributed by atoms with E-state index in [4.69, 9.17) is 4.74 Å². The lowest BCUT2D eigenvalue weighted by Crippen LogP contribution is -2.43. The Bertz CT molecular complexity index is 458. The fourth-order valence-electron chi connectivity index (χ4n) is 1.79. The first-order valence-electron chi connectivity index (χ1n) is 6.20. The van der Waals surface area contributed by atoms with E-state index in [0.29, 0.717) is 6.42 Å². The lowest BCUT2D eigenvalue weighted by atomic mass is 10.1. The number of nitrogens with one attached hydrogen (secondary N) is 1. The van der Waals surface area contributed by atoms with E-state index in [1.54, 1.807) is 18.2 Å². The van der Waals surface area contributed by atoms with E-state index in [0.717, 1.165) is 5.56 Å². The van der Waals surface area contributed by atoms with E-state index in [-0.39, 0.29) is 0 Å². The van der Waals surface area contributed by atoms with Crippen LogP contribution in [0.5, 0.6) is 0 Å². The molecular weight excluding hydrogens is 258 g/mol. The van der Waals surface area contributed by atoms with Gasteiger partial charge in [-0.1, -0.05) is 36.4 Å². The van der Waals surface area contributed by atoms with Gasteiger partial charge in [0.25, 0.3) is 5.91 Å². The molecule has 0 unspecified atom stereocenters. The van der Waals surface area contributed by atoms with Gasteiger partial charge in [-0.3, -0.25) is 4.79 Å². The second kappa shape index (κ2) is 8.12. The molecule has 5 heteroatoms. The molecule has 0 fully saturated rings. The molecular formula is C15H19NO4. The molecule has 1 N–H and O–H groups in total. The molecule has 108 valence electrons. The zero-order valence-corrected chi connectivity index (χ0v) is 11.7. The monoisotopic (exact) mass is 277 g/mol. The molecule has 0 bridgehead atoms. The van der Waals surface area contributed by atoms with Gasteiger partial charge in [0, 0.05) is 7.11 Å². The fourth-order valence-corrected chi connectivity index (χ4v) is 1.79. The SMILES string of the molecule is C=CC[C@H](NC(=O)[C@H](OC)c1ccccc1)C(=O)OC.